The van der Waals surface area contributed by atoms with Crippen molar-refractivity contribution in [2.75, 3.05) is 17.2 Å². The van der Waals surface area contributed by atoms with Crippen LogP contribution < -0.4 is 10.6 Å². The Morgan fingerprint density at radius 2 is 2.00 bits per heavy atom. The third kappa shape index (κ3) is 3.29. The second-order valence-corrected chi connectivity index (χ2v) is 5.31. The summed E-state index contributed by atoms with van der Waals surface area (Å²) in [7, 11) is 0. The highest BCUT2D eigenvalue weighted by atomic mass is 16.5. The van der Waals surface area contributed by atoms with Crippen LogP contribution >= 0.6 is 0 Å². The van der Waals surface area contributed by atoms with Crippen LogP contribution in [0.1, 0.15) is 49.3 Å². The zero-order valence-electron chi connectivity index (χ0n) is 12.4. The van der Waals surface area contributed by atoms with Crippen LogP contribution in [0.4, 0.5) is 11.6 Å². The minimum absolute atomic E-state index is 0.492. The Hall–Kier alpha value is -2.18. The van der Waals surface area contributed by atoms with E-state index in [1.54, 1.807) is 0 Å². The Balaban J connectivity index is 1.80. The van der Waals surface area contributed by atoms with Gasteiger partial charge in [0.15, 0.2) is 5.82 Å². The van der Waals surface area contributed by atoms with E-state index in [0.717, 1.165) is 36.0 Å². The Morgan fingerprint density at radius 1 is 1.24 bits per heavy atom. The molecular weight excluding hydrogens is 268 g/mol. The van der Waals surface area contributed by atoms with Gasteiger partial charge in [-0.05, 0) is 26.2 Å². The predicted molar refractivity (Wildman–Crippen MR) is 79.1 cm³/mol. The largest absolute Gasteiger partial charge is 0.370 e. The summed E-state index contributed by atoms with van der Waals surface area (Å²) >= 11 is 0. The lowest BCUT2D eigenvalue weighted by Crippen LogP contribution is -2.12. The molecule has 7 heteroatoms. The highest BCUT2D eigenvalue weighted by molar-refractivity contribution is 5.57. The molecule has 2 aromatic rings. The zero-order valence-corrected chi connectivity index (χ0v) is 12.4. The lowest BCUT2D eigenvalue weighted by Gasteiger charge is -2.14. The maximum Gasteiger partial charge on any atom is 0.213 e. The third-order valence-electron chi connectivity index (χ3n) is 3.47. The molecule has 1 saturated carbocycles. The first-order valence-electron chi connectivity index (χ1n) is 7.39. The van der Waals surface area contributed by atoms with Crippen LogP contribution in [0.5, 0.6) is 0 Å². The maximum absolute atomic E-state index is 4.74. The molecule has 1 aliphatic rings. The highest BCUT2D eigenvalue weighted by Crippen LogP contribution is 2.39. The van der Waals surface area contributed by atoms with E-state index in [1.165, 1.54) is 19.2 Å². The van der Waals surface area contributed by atoms with E-state index in [4.69, 9.17) is 4.52 Å². The molecule has 0 bridgehead atoms. The number of hydrogen-bond acceptors (Lipinski definition) is 7. The quantitative estimate of drug-likeness (QED) is 0.809. The first-order valence-corrected chi connectivity index (χ1v) is 7.39. The number of anilines is 2. The van der Waals surface area contributed by atoms with Crippen molar-refractivity contribution in [3.63, 3.8) is 0 Å². The molecule has 2 N–H and O–H groups in total. The number of rotatable bonds is 7. The maximum atomic E-state index is 4.74. The molecule has 0 unspecified atom stereocenters. The van der Waals surface area contributed by atoms with Gasteiger partial charge in [0.05, 0.1) is 6.54 Å². The van der Waals surface area contributed by atoms with Crippen molar-refractivity contribution in [1.82, 2.24) is 20.1 Å². The van der Waals surface area contributed by atoms with Crippen LogP contribution in [0.25, 0.3) is 0 Å². The van der Waals surface area contributed by atoms with E-state index < -0.39 is 0 Å². The summed E-state index contributed by atoms with van der Waals surface area (Å²) in [5.74, 6) is 3.82. The van der Waals surface area contributed by atoms with E-state index in [0.29, 0.717) is 18.3 Å². The topological polar surface area (TPSA) is 88.8 Å². The van der Waals surface area contributed by atoms with E-state index in [2.05, 4.69) is 37.7 Å². The van der Waals surface area contributed by atoms with Crippen molar-refractivity contribution in [3.8, 4) is 0 Å². The summed E-state index contributed by atoms with van der Waals surface area (Å²) < 4.78 is 4.74. The van der Waals surface area contributed by atoms with Gasteiger partial charge in [0.2, 0.25) is 6.39 Å². The highest BCUT2D eigenvalue weighted by Gasteiger charge is 2.28. The van der Waals surface area contributed by atoms with Crippen molar-refractivity contribution in [2.45, 2.75) is 45.6 Å². The Bertz CT molecular complexity index is 594. The van der Waals surface area contributed by atoms with Gasteiger partial charge in [-0.2, -0.15) is 4.98 Å². The Morgan fingerprint density at radius 3 is 2.62 bits per heavy atom. The van der Waals surface area contributed by atoms with Gasteiger partial charge in [-0.3, -0.25) is 0 Å². The van der Waals surface area contributed by atoms with Gasteiger partial charge in [0, 0.05) is 18.0 Å². The van der Waals surface area contributed by atoms with Gasteiger partial charge >= 0.3 is 0 Å². The molecule has 0 amide bonds. The summed E-state index contributed by atoms with van der Waals surface area (Å²) in [6.07, 6.45) is 4.75. The minimum Gasteiger partial charge on any atom is -0.370 e. The summed E-state index contributed by atoms with van der Waals surface area (Å²) in [5, 5.41) is 10.5. The number of nitrogens with one attached hydrogen (secondary N) is 2. The van der Waals surface area contributed by atoms with E-state index in [1.807, 2.05) is 6.92 Å². The van der Waals surface area contributed by atoms with Gasteiger partial charge in [-0.15, -0.1) is 0 Å². The Labute approximate surface area is 123 Å². The Kier molecular flexibility index (Phi) is 3.98. The van der Waals surface area contributed by atoms with Crippen molar-refractivity contribution < 1.29 is 4.52 Å². The molecule has 112 valence electrons. The molecule has 2 aromatic heterocycles. The van der Waals surface area contributed by atoms with E-state index in [9.17, 15) is 0 Å². The summed E-state index contributed by atoms with van der Waals surface area (Å²) in [6.45, 7) is 5.56. The van der Waals surface area contributed by atoms with E-state index >= 15 is 0 Å². The molecule has 2 heterocycles. The third-order valence-corrected chi connectivity index (χ3v) is 3.47. The van der Waals surface area contributed by atoms with Crippen molar-refractivity contribution in [2.24, 2.45) is 0 Å². The number of nitrogens with zero attached hydrogens (tertiary/aromatic N) is 4. The van der Waals surface area contributed by atoms with Crippen LogP contribution in [0.15, 0.2) is 10.9 Å². The lowest BCUT2D eigenvalue weighted by atomic mass is 10.2. The molecule has 0 aromatic carbocycles. The first kappa shape index (κ1) is 13.8. The van der Waals surface area contributed by atoms with Crippen LogP contribution in [-0.2, 0) is 6.54 Å². The summed E-state index contributed by atoms with van der Waals surface area (Å²) in [4.78, 5) is 13.3. The number of aromatic nitrogens is 4. The van der Waals surface area contributed by atoms with Gasteiger partial charge in [-0.1, -0.05) is 12.1 Å². The van der Waals surface area contributed by atoms with Gasteiger partial charge in [-0.25, -0.2) is 9.97 Å². The fourth-order valence-corrected chi connectivity index (χ4v) is 2.08. The predicted octanol–water partition coefficient (Wildman–Crippen LogP) is 2.48. The van der Waals surface area contributed by atoms with Gasteiger partial charge in [0.1, 0.15) is 17.5 Å². The van der Waals surface area contributed by atoms with Crippen LogP contribution in [-0.4, -0.2) is 26.7 Å². The first-order chi connectivity index (χ1) is 10.3. The monoisotopic (exact) mass is 288 g/mol. The lowest BCUT2D eigenvalue weighted by molar-refractivity contribution is 0.411. The summed E-state index contributed by atoms with van der Waals surface area (Å²) in [5.41, 5.74) is 1.02. The molecule has 0 saturated heterocycles. The standard InChI is InChI=1S/C14H20N6O/c1-3-6-15-12-9(2)13(16-7-11-17-8-21-20-11)19-14(18-12)10-4-5-10/h8,10H,3-7H2,1-2H3,(H2,15,16,18,19). The van der Waals surface area contributed by atoms with Crippen LogP contribution in [0.2, 0.25) is 0 Å². The molecule has 3 rings (SSSR count). The number of hydrogen-bond donors (Lipinski definition) is 2. The normalized spacial score (nSPS) is 14.2. The van der Waals surface area contributed by atoms with Gasteiger partial charge in [0.25, 0.3) is 0 Å². The molecule has 21 heavy (non-hydrogen) atoms. The second kappa shape index (κ2) is 6.07. The van der Waals surface area contributed by atoms with Crippen LogP contribution in [0, 0.1) is 6.92 Å². The van der Waals surface area contributed by atoms with Crippen molar-refractivity contribution in [1.29, 1.82) is 0 Å². The molecule has 0 radical (unpaired) electrons. The smallest absolute Gasteiger partial charge is 0.213 e. The molecular formula is C14H20N6O. The minimum atomic E-state index is 0.492. The SMILES string of the molecule is CCCNc1nc(C2CC2)nc(NCc2ncon2)c1C. The van der Waals surface area contributed by atoms with E-state index in [-0.39, 0.29) is 0 Å². The average molecular weight is 288 g/mol. The average Bonchev–Trinajstić information content (AvgIpc) is 3.21. The molecule has 0 aliphatic heterocycles. The van der Waals surface area contributed by atoms with Crippen molar-refractivity contribution >= 4 is 11.6 Å². The van der Waals surface area contributed by atoms with Crippen LogP contribution in [0.3, 0.4) is 0 Å². The fraction of sp³-hybridized carbons (Fsp3) is 0.571. The fourth-order valence-electron chi connectivity index (χ4n) is 2.08. The summed E-state index contributed by atoms with van der Waals surface area (Å²) in [6, 6.07) is 0. The van der Waals surface area contributed by atoms with Crippen molar-refractivity contribution in [3.05, 3.63) is 23.6 Å². The molecule has 7 nitrogen and oxygen atoms in total. The zero-order chi connectivity index (χ0) is 14.7. The van der Waals surface area contributed by atoms with Gasteiger partial charge < -0.3 is 15.2 Å². The molecule has 1 aliphatic carbocycles. The second-order valence-electron chi connectivity index (χ2n) is 5.31. The molecule has 1 fully saturated rings. The molecule has 0 spiro atoms. The molecule has 0 atom stereocenters.